The Morgan fingerprint density at radius 3 is 2.52 bits per heavy atom. The van der Waals surface area contributed by atoms with E-state index in [9.17, 15) is 4.79 Å². The average molecular weight is 362 g/mol. The van der Waals surface area contributed by atoms with E-state index in [1.807, 2.05) is 29.2 Å². The van der Waals surface area contributed by atoms with Gasteiger partial charge in [-0.1, -0.05) is 32.9 Å². The Labute approximate surface area is 160 Å². The summed E-state index contributed by atoms with van der Waals surface area (Å²) in [7, 11) is 1.68. The second-order valence-corrected chi connectivity index (χ2v) is 8.30. The number of ether oxygens (including phenoxy) is 1. The highest BCUT2D eigenvalue weighted by molar-refractivity contribution is 5.95. The minimum Gasteiger partial charge on any atom is -0.497 e. The third kappa shape index (κ3) is 3.20. The predicted octanol–water partition coefficient (Wildman–Crippen LogP) is 4.67. The average Bonchev–Trinajstić information content (AvgIpc) is 3.03. The fraction of sp³-hybridized carbons (Fsp3) is 0.348. The molecule has 1 aliphatic heterocycles. The summed E-state index contributed by atoms with van der Waals surface area (Å²) >= 11 is 0. The Morgan fingerprint density at radius 2 is 1.85 bits per heavy atom. The number of hydrogen-bond acceptors (Lipinski definition) is 2. The van der Waals surface area contributed by atoms with E-state index in [4.69, 9.17) is 4.74 Å². The summed E-state index contributed by atoms with van der Waals surface area (Å²) in [6.45, 7) is 7.91. The van der Waals surface area contributed by atoms with Gasteiger partial charge in [-0.2, -0.15) is 0 Å². The van der Waals surface area contributed by atoms with Crippen molar-refractivity contribution in [3.8, 4) is 5.75 Å². The Morgan fingerprint density at radius 1 is 1.11 bits per heavy atom. The zero-order chi connectivity index (χ0) is 19.2. The quantitative estimate of drug-likeness (QED) is 0.720. The van der Waals surface area contributed by atoms with Gasteiger partial charge in [0.05, 0.1) is 7.11 Å². The van der Waals surface area contributed by atoms with Crippen molar-refractivity contribution in [2.75, 3.05) is 13.7 Å². The van der Waals surface area contributed by atoms with Crippen LogP contribution in [-0.4, -0.2) is 29.4 Å². The minimum absolute atomic E-state index is 0.0880. The lowest BCUT2D eigenvalue weighted by Gasteiger charge is -2.28. The standard InChI is InChI=1S/C23H26N2O2/c1-23(2,3)16-7-5-15(6-8-16)22(26)25-12-11-21-19(14-25)18-13-17(27-4)9-10-20(18)24-21/h5-10,13,24H,11-12,14H2,1-4H3. The first kappa shape index (κ1) is 17.7. The van der Waals surface area contributed by atoms with E-state index in [2.05, 4.69) is 44.0 Å². The van der Waals surface area contributed by atoms with Gasteiger partial charge in [-0.15, -0.1) is 0 Å². The molecule has 4 nitrogen and oxygen atoms in total. The van der Waals surface area contributed by atoms with Crippen molar-refractivity contribution in [1.29, 1.82) is 0 Å². The second kappa shape index (κ2) is 6.45. The number of H-pyrrole nitrogens is 1. The lowest BCUT2D eigenvalue weighted by atomic mass is 9.86. The number of hydrogen-bond donors (Lipinski definition) is 1. The summed E-state index contributed by atoms with van der Waals surface area (Å²) in [5, 5.41) is 1.14. The third-order valence-corrected chi connectivity index (χ3v) is 5.47. The van der Waals surface area contributed by atoms with Gasteiger partial charge in [0.1, 0.15) is 5.75 Å². The number of rotatable bonds is 2. The first-order valence-electron chi connectivity index (χ1n) is 9.44. The molecule has 1 amide bonds. The van der Waals surface area contributed by atoms with E-state index in [0.717, 1.165) is 35.2 Å². The van der Waals surface area contributed by atoms with Crippen molar-refractivity contribution >= 4 is 16.8 Å². The fourth-order valence-electron chi connectivity index (χ4n) is 3.79. The molecule has 1 aromatic heterocycles. The highest BCUT2D eigenvalue weighted by Crippen LogP contribution is 2.31. The number of methoxy groups -OCH3 is 1. The molecule has 0 saturated heterocycles. The van der Waals surface area contributed by atoms with Crippen molar-refractivity contribution in [2.24, 2.45) is 0 Å². The number of aromatic amines is 1. The molecule has 0 saturated carbocycles. The molecular weight excluding hydrogens is 336 g/mol. The first-order chi connectivity index (χ1) is 12.9. The molecule has 3 aromatic rings. The van der Waals surface area contributed by atoms with Crippen LogP contribution >= 0.6 is 0 Å². The molecule has 2 heterocycles. The summed E-state index contributed by atoms with van der Waals surface area (Å²) < 4.78 is 5.37. The van der Waals surface area contributed by atoms with E-state index < -0.39 is 0 Å². The van der Waals surface area contributed by atoms with Gasteiger partial charge >= 0.3 is 0 Å². The molecule has 27 heavy (non-hydrogen) atoms. The van der Waals surface area contributed by atoms with Crippen molar-refractivity contribution in [3.63, 3.8) is 0 Å². The normalized spacial score (nSPS) is 14.3. The van der Waals surface area contributed by atoms with Crippen molar-refractivity contribution in [1.82, 2.24) is 9.88 Å². The van der Waals surface area contributed by atoms with Crippen LogP contribution in [-0.2, 0) is 18.4 Å². The van der Waals surface area contributed by atoms with E-state index >= 15 is 0 Å². The molecule has 0 spiro atoms. The summed E-state index contributed by atoms with van der Waals surface area (Å²) in [5.74, 6) is 0.934. The molecule has 0 atom stereocenters. The zero-order valence-electron chi connectivity index (χ0n) is 16.4. The molecule has 1 N–H and O–H groups in total. The number of nitrogens with one attached hydrogen (secondary N) is 1. The Kier molecular flexibility index (Phi) is 4.22. The van der Waals surface area contributed by atoms with Gasteiger partial charge in [-0.25, -0.2) is 0 Å². The molecule has 0 radical (unpaired) electrons. The van der Waals surface area contributed by atoms with Crippen LogP contribution in [0.5, 0.6) is 5.75 Å². The molecule has 4 rings (SSSR count). The lowest BCUT2D eigenvalue weighted by Crippen LogP contribution is -2.35. The Balaban J connectivity index is 1.61. The van der Waals surface area contributed by atoms with Crippen LogP contribution in [0.2, 0.25) is 0 Å². The molecule has 2 aromatic carbocycles. The number of carbonyl (C=O) groups excluding carboxylic acids is 1. The van der Waals surface area contributed by atoms with Crippen LogP contribution < -0.4 is 4.74 Å². The molecule has 1 aliphatic rings. The van der Waals surface area contributed by atoms with Gasteiger partial charge < -0.3 is 14.6 Å². The predicted molar refractivity (Wildman–Crippen MR) is 108 cm³/mol. The van der Waals surface area contributed by atoms with Crippen LogP contribution in [0.15, 0.2) is 42.5 Å². The van der Waals surface area contributed by atoms with E-state index in [1.165, 1.54) is 16.8 Å². The Hall–Kier alpha value is -2.75. The van der Waals surface area contributed by atoms with E-state index in [1.54, 1.807) is 7.11 Å². The maximum atomic E-state index is 13.0. The smallest absolute Gasteiger partial charge is 0.254 e. The number of benzene rings is 2. The Bertz CT molecular complexity index is 994. The number of amides is 1. The van der Waals surface area contributed by atoms with Gasteiger partial charge in [-0.3, -0.25) is 4.79 Å². The third-order valence-electron chi connectivity index (χ3n) is 5.47. The monoisotopic (exact) mass is 362 g/mol. The van der Waals surface area contributed by atoms with Crippen LogP contribution in [0.25, 0.3) is 10.9 Å². The fourth-order valence-corrected chi connectivity index (χ4v) is 3.79. The van der Waals surface area contributed by atoms with Gasteiger partial charge in [0.2, 0.25) is 0 Å². The number of carbonyl (C=O) groups is 1. The van der Waals surface area contributed by atoms with E-state index in [-0.39, 0.29) is 11.3 Å². The van der Waals surface area contributed by atoms with Gasteiger partial charge in [0.25, 0.3) is 5.91 Å². The topological polar surface area (TPSA) is 45.3 Å². The molecule has 0 aliphatic carbocycles. The van der Waals surface area contributed by atoms with E-state index in [0.29, 0.717) is 6.54 Å². The van der Waals surface area contributed by atoms with Crippen LogP contribution in [0.1, 0.15) is 48.0 Å². The highest BCUT2D eigenvalue weighted by Gasteiger charge is 2.25. The maximum absolute atomic E-state index is 13.0. The molecule has 4 heteroatoms. The maximum Gasteiger partial charge on any atom is 0.254 e. The summed E-state index contributed by atoms with van der Waals surface area (Å²) in [4.78, 5) is 18.5. The van der Waals surface area contributed by atoms with Crippen molar-refractivity contribution in [2.45, 2.75) is 39.2 Å². The van der Waals surface area contributed by atoms with Crippen molar-refractivity contribution < 1.29 is 9.53 Å². The highest BCUT2D eigenvalue weighted by atomic mass is 16.5. The minimum atomic E-state index is 0.0880. The summed E-state index contributed by atoms with van der Waals surface area (Å²) in [6.07, 6.45) is 0.845. The number of nitrogens with zero attached hydrogens (tertiary/aromatic N) is 1. The van der Waals surface area contributed by atoms with Gasteiger partial charge in [0, 0.05) is 47.2 Å². The molecule has 140 valence electrons. The summed E-state index contributed by atoms with van der Waals surface area (Å²) in [5.41, 5.74) is 5.61. The van der Waals surface area contributed by atoms with Crippen molar-refractivity contribution in [3.05, 3.63) is 64.8 Å². The first-order valence-corrected chi connectivity index (χ1v) is 9.44. The molecular formula is C23H26N2O2. The zero-order valence-corrected chi connectivity index (χ0v) is 16.4. The summed E-state index contributed by atoms with van der Waals surface area (Å²) in [6, 6.07) is 14.1. The van der Waals surface area contributed by atoms with Gasteiger partial charge in [-0.05, 0) is 41.3 Å². The van der Waals surface area contributed by atoms with Gasteiger partial charge in [0.15, 0.2) is 0 Å². The SMILES string of the molecule is COc1ccc2[nH]c3c(c2c1)CN(C(=O)c1ccc(C(C)(C)C)cc1)CC3. The van der Waals surface area contributed by atoms with Crippen LogP contribution in [0.3, 0.4) is 0 Å². The molecule has 0 unspecified atom stereocenters. The van der Waals surface area contributed by atoms with Crippen LogP contribution in [0.4, 0.5) is 0 Å². The lowest BCUT2D eigenvalue weighted by molar-refractivity contribution is 0.0735. The largest absolute Gasteiger partial charge is 0.497 e. The molecule has 0 fully saturated rings. The molecule has 0 bridgehead atoms. The van der Waals surface area contributed by atoms with Crippen LogP contribution in [0, 0.1) is 0 Å². The number of fused-ring (bicyclic) bond motifs is 3. The number of aromatic nitrogens is 1. The second-order valence-electron chi connectivity index (χ2n) is 8.30.